The molecule has 1 aromatic carbocycles. The molecule has 1 aliphatic rings. The van der Waals surface area contributed by atoms with Crippen LogP contribution in [0.1, 0.15) is 27.2 Å². The van der Waals surface area contributed by atoms with Crippen molar-refractivity contribution in [1.29, 1.82) is 0 Å². The zero-order valence-electron chi connectivity index (χ0n) is 12.5. The van der Waals surface area contributed by atoms with Gasteiger partial charge in [-0.25, -0.2) is 0 Å². The molecule has 0 amide bonds. The first-order valence-electron chi connectivity index (χ1n) is 7.34. The summed E-state index contributed by atoms with van der Waals surface area (Å²) in [6.07, 6.45) is 1.18. The molecule has 19 heavy (non-hydrogen) atoms. The molecule has 0 saturated carbocycles. The van der Waals surface area contributed by atoms with Gasteiger partial charge in [0, 0.05) is 18.6 Å². The van der Waals surface area contributed by atoms with E-state index in [2.05, 4.69) is 49.3 Å². The molecule has 1 saturated heterocycles. The molecule has 0 aliphatic carbocycles. The first kappa shape index (κ1) is 14.2. The highest BCUT2D eigenvalue weighted by Crippen LogP contribution is 2.34. The molecule has 2 rings (SSSR count). The molecule has 0 radical (unpaired) electrons. The lowest BCUT2D eigenvalue weighted by Gasteiger charge is -2.44. The number of anilines is 1. The minimum Gasteiger partial charge on any atom is -0.492 e. The van der Waals surface area contributed by atoms with Crippen LogP contribution < -0.4 is 15.0 Å². The summed E-state index contributed by atoms with van der Waals surface area (Å²) in [5.74, 6) is 1.64. The van der Waals surface area contributed by atoms with E-state index in [1.165, 1.54) is 12.1 Å². The third kappa shape index (κ3) is 2.86. The number of ether oxygens (including phenoxy) is 1. The maximum absolute atomic E-state index is 5.77. The minimum absolute atomic E-state index is 0.521. The Bertz CT molecular complexity index is 407. The highest BCUT2D eigenvalue weighted by Gasteiger charge is 2.32. The number of piperidine rings is 1. The molecule has 1 aliphatic heterocycles. The topological polar surface area (TPSA) is 24.5 Å². The van der Waals surface area contributed by atoms with Crippen molar-refractivity contribution in [2.45, 2.75) is 39.3 Å². The lowest BCUT2D eigenvalue weighted by atomic mass is 9.86. The molecule has 3 atom stereocenters. The third-order valence-electron chi connectivity index (χ3n) is 4.41. The fraction of sp³-hybridized carbons (Fsp3) is 0.625. The van der Waals surface area contributed by atoms with Crippen molar-refractivity contribution < 1.29 is 4.74 Å². The summed E-state index contributed by atoms with van der Waals surface area (Å²) in [6.45, 7) is 8.49. The SMILES string of the molecule is CCOc1ccccc1N1CCC(NC)C(C)C1C. The smallest absolute Gasteiger partial charge is 0.142 e. The van der Waals surface area contributed by atoms with Gasteiger partial charge in [-0.15, -0.1) is 0 Å². The number of hydrogen-bond donors (Lipinski definition) is 1. The Morgan fingerprint density at radius 1 is 1.32 bits per heavy atom. The van der Waals surface area contributed by atoms with E-state index in [0.717, 1.165) is 12.3 Å². The second-order valence-electron chi connectivity index (χ2n) is 5.38. The Hall–Kier alpha value is -1.22. The summed E-state index contributed by atoms with van der Waals surface area (Å²) >= 11 is 0. The number of hydrogen-bond acceptors (Lipinski definition) is 3. The Labute approximate surface area is 116 Å². The summed E-state index contributed by atoms with van der Waals surface area (Å²) in [5, 5.41) is 3.44. The van der Waals surface area contributed by atoms with Gasteiger partial charge in [-0.2, -0.15) is 0 Å². The van der Waals surface area contributed by atoms with Gasteiger partial charge in [-0.1, -0.05) is 19.1 Å². The maximum atomic E-state index is 5.77. The van der Waals surface area contributed by atoms with Gasteiger partial charge in [0.2, 0.25) is 0 Å². The van der Waals surface area contributed by atoms with Crippen LogP contribution in [0.3, 0.4) is 0 Å². The Morgan fingerprint density at radius 3 is 2.74 bits per heavy atom. The maximum Gasteiger partial charge on any atom is 0.142 e. The molecular weight excluding hydrogens is 236 g/mol. The number of nitrogens with zero attached hydrogens (tertiary/aromatic N) is 1. The minimum atomic E-state index is 0.521. The monoisotopic (exact) mass is 262 g/mol. The van der Waals surface area contributed by atoms with Crippen LogP contribution in [0.5, 0.6) is 5.75 Å². The highest BCUT2D eigenvalue weighted by atomic mass is 16.5. The lowest BCUT2D eigenvalue weighted by Crippen LogP contribution is -2.52. The molecule has 0 bridgehead atoms. The zero-order chi connectivity index (χ0) is 13.8. The van der Waals surface area contributed by atoms with Crippen LogP contribution in [0.2, 0.25) is 0 Å². The molecule has 1 fully saturated rings. The quantitative estimate of drug-likeness (QED) is 0.903. The van der Waals surface area contributed by atoms with Crippen LogP contribution in [0.25, 0.3) is 0 Å². The van der Waals surface area contributed by atoms with Crippen molar-refractivity contribution in [3.8, 4) is 5.75 Å². The molecule has 3 unspecified atom stereocenters. The van der Waals surface area contributed by atoms with Crippen molar-refractivity contribution in [3.63, 3.8) is 0 Å². The standard InChI is InChI=1S/C16H26N2O/c1-5-19-16-9-7-6-8-15(16)18-11-10-14(17-4)12(2)13(18)3/h6-9,12-14,17H,5,10-11H2,1-4H3. The van der Waals surface area contributed by atoms with E-state index < -0.39 is 0 Å². The molecule has 106 valence electrons. The van der Waals surface area contributed by atoms with E-state index in [-0.39, 0.29) is 0 Å². The van der Waals surface area contributed by atoms with Crippen LogP contribution in [0.4, 0.5) is 5.69 Å². The molecule has 1 N–H and O–H groups in total. The molecule has 0 spiro atoms. The summed E-state index contributed by atoms with van der Waals surface area (Å²) < 4.78 is 5.77. The van der Waals surface area contributed by atoms with E-state index in [4.69, 9.17) is 4.74 Å². The molecule has 3 nitrogen and oxygen atoms in total. The largest absolute Gasteiger partial charge is 0.492 e. The van der Waals surface area contributed by atoms with Gasteiger partial charge in [0.15, 0.2) is 0 Å². The first-order valence-corrected chi connectivity index (χ1v) is 7.34. The second-order valence-corrected chi connectivity index (χ2v) is 5.38. The van der Waals surface area contributed by atoms with E-state index in [1.54, 1.807) is 0 Å². The van der Waals surface area contributed by atoms with Gasteiger partial charge in [-0.05, 0) is 45.4 Å². The van der Waals surface area contributed by atoms with Gasteiger partial charge in [0.1, 0.15) is 5.75 Å². The summed E-state index contributed by atoms with van der Waals surface area (Å²) in [5.41, 5.74) is 1.23. The molecular formula is C16H26N2O. The number of rotatable bonds is 4. The van der Waals surface area contributed by atoms with Crippen LogP contribution in [0.15, 0.2) is 24.3 Å². The van der Waals surface area contributed by atoms with E-state index >= 15 is 0 Å². The lowest BCUT2D eigenvalue weighted by molar-refractivity contribution is 0.278. The second kappa shape index (κ2) is 6.29. The van der Waals surface area contributed by atoms with Crippen LogP contribution in [0, 0.1) is 5.92 Å². The molecule has 1 aromatic rings. The van der Waals surface area contributed by atoms with Gasteiger partial charge in [-0.3, -0.25) is 0 Å². The van der Waals surface area contributed by atoms with Crippen LogP contribution in [-0.2, 0) is 0 Å². The number of para-hydroxylation sites is 2. The first-order chi connectivity index (χ1) is 9.19. The fourth-order valence-corrected chi connectivity index (χ4v) is 3.08. The molecule has 3 heteroatoms. The van der Waals surface area contributed by atoms with Gasteiger partial charge < -0.3 is 15.0 Å². The molecule has 0 aromatic heterocycles. The third-order valence-corrected chi connectivity index (χ3v) is 4.41. The predicted octanol–water partition coefficient (Wildman–Crippen LogP) is 2.91. The van der Waals surface area contributed by atoms with Gasteiger partial charge in [0.05, 0.1) is 12.3 Å². The van der Waals surface area contributed by atoms with Crippen molar-refractivity contribution in [3.05, 3.63) is 24.3 Å². The number of benzene rings is 1. The summed E-state index contributed by atoms with van der Waals surface area (Å²) in [6, 6.07) is 9.52. The molecule has 1 heterocycles. The van der Waals surface area contributed by atoms with Gasteiger partial charge >= 0.3 is 0 Å². The van der Waals surface area contributed by atoms with Crippen molar-refractivity contribution >= 4 is 5.69 Å². The van der Waals surface area contributed by atoms with Crippen molar-refractivity contribution in [1.82, 2.24) is 5.32 Å². The highest BCUT2D eigenvalue weighted by molar-refractivity contribution is 5.59. The predicted molar refractivity (Wildman–Crippen MR) is 81.0 cm³/mol. The Balaban J connectivity index is 2.22. The van der Waals surface area contributed by atoms with Crippen molar-refractivity contribution in [2.75, 3.05) is 25.1 Å². The van der Waals surface area contributed by atoms with Crippen LogP contribution in [-0.4, -0.2) is 32.3 Å². The van der Waals surface area contributed by atoms with Crippen LogP contribution >= 0.6 is 0 Å². The number of nitrogens with one attached hydrogen (secondary N) is 1. The average molecular weight is 262 g/mol. The summed E-state index contributed by atoms with van der Waals surface area (Å²) in [7, 11) is 2.07. The van der Waals surface area contributed by atoms with Crippen molar-refractivity contribution in [2.24, 2.45) is 5.92 Å². The Morgan fingerprint density at radius 2 is 2.05 bits per heavy atom. The van der Waals surface area contributed by atoms with Gasteiger partial charge in [0.25, 0.3) is 0 Å². The average Bonchev–Trinajstić information content (AvgIpc) is 2.43. The fourth-order valence-electron chi connectivity index (χ4n) is 3.08. The summed E-state index contributed by atoms with van der Waals surface area (Å²) in [4.78, 5) is 2.49. The van der Waals surface area contributed by atoms with E-state index in [1.807, 2.05) is 13.0 Å². The van der Waals surface area contributed by atoms with E-state index in [9.17, 15) is 0 Å². The zero-order valence-corrected chi connectivity index (χ0v) is 12.5. The normalized spacial score (nSPS) is 27.4. The Kier molecular flexibility index (Phi) is 4.70. The van der Waals surface area contributed by atoms with E-state index in [0.29, 0.717) is 24.6 Å².